The molecule has 16 heavy (non-hydrogen) atoms. The van der Waals surface area contributed by atoms with E-state index >= 15 is 0 Å². The van der Waals surface area contributed by atoms with Crippen molar-refractivity contribution in [2.75, 3.05) is 11.9 Å². The molecule has 1 aliphatic heterocycles. The average Bonchev–Trinajstić information content (AvgIpc) is 2.77. The zero-order valence-corrected chi connectivity index (χ0v) is 9.88. The molecule has 1 fully saturated rings. The number of nitrogens with one attached hydrogen (secondary N) is 1. The third-order valence-electron chi connectivity index (χ3n) is 3.89. The van der Waals surface area contributed by atoms with Gasteiger partial charge in [0, 0.05) is 0 Å². The first-order valence-corrected chi connectivity index (χ1v) is 6.37. The Hall–Kier alpha value is -1.18. The van der Waals surface area contributed by atoms with E-state index in [9.17, 15) is 0 Å². The average molecular weight is 217 g/mol. The zero-order valence-electron chi connectivity index (χ0n) is 9.88. The van der Waals surface area contributed by atoms with Crippen LogP contribution in [0.15, 0.2) is 18.2 Å². The van der Waals surface area contributed by atoms with Gasteiger partial charge in [0.1, 0.15) is 11.4 Å². The monoisotopic (exact) mass is 217 g/mol. The minimum absolute atomic E-state index is 0.0979. The summed E-state index contributed by atoms with van der Waals surface area (Å²) in [6.45, 7) is 3.16. The molecule has 0 radical (unpaired) electrons. The van der Waals surface area contributed by atoms with Crippen LogP contribution in [0, 0.1) is 0 Å². The van der Waals surface area contributed by atoms with E-state index in [1.54, 1.807) is 0 Å². The van der Waals surface area contributed by atoms with Crippen LogP contribution in [0.5, 0.6) is 5.75 Å². The lowest BCUT2D eigenvalue weighted by molar-refractivity contribution is 0.0830. The molecule has 2 nitrogen and oxygen atoms in total. The van der Waals surface area contributed by atoms with Crippen LogP contribution in [0.3, 0.4) is 0 Å². The Morgan fingerprint density at radius 3 is 2.88 bits per heavy atom. The number of rotatable bonds is 1. The van der Waals surface area contributed by atoms with Crippen molar-refractivity contribution in [1.29, 1.82) is 0 Å². The Morgan fingerprint density at radius 1 is 1.31 bits per heavy atom. The Bertz CT molecular complexity index is 394. The fourth-order valence-electron chi connectivity index (χ4n) is 2.85. The van der Waals surface area contributed by atoms with Gasteiger partial charge < -0.3 is 10.1 Å². The van der Waals surface area contributed by atoms with Crippen molar-refractivity contribution < 1.29 is 4.74 Å². The van der Waals surface area contributed by atoms with E-state index in [2.05, 4.69) is 30.4 Å². The van der Waals surface area contributed by atoms with E-state index in [1.165, 1.54) is 36.9 Å². The molecule has 1 aliphatic carbocycles. The van der Waals surface area contributed by atoms with Gasteiger partial charge in [-0.2, -0.15) is 0 Å². The van der Waals surface area contributed by atoms with E-state index < -0.39 is 0 Å². The number of ether oxygens (including phenoxy) is 1. The number of benzene rings is 1. The predicted octanol–water partition coefficient (Wildman–Crippen LogP) is 3.37. The second-order valence-corrected chi connectivity index (χ2v) is 5.03. The van der Waals surface area contributed by atoms with Crippen molar-refractivity contribution in [3.8, 4) is 5.75 Å². The SMILES string of the molecule is CCc1ccc2c(c1)NCC1(CCCC1)O2. The van der Waals surface area contributed by atoms with Crippen LogP contribution in [-0.2, 0) is 6.42 Å². The molecular formula is C14H19NO. The Kier molecular flexibility index (Phi) is 2.31. The van der Waals surface area contributed by atoms with Gasteiger partial charge in [-0.05, 0) is 49.8 Å². The molecule has 2 heteroatoms. The van der Waals surface area contributed by atoms with E-state index in [0.29, 0.717) is 0 Å². The van der Waals surface area contributed by atoms with Gasteiger partial charge in [-0.3, -0.25) is 0 Å². The summed E-state index contributed by atoms with van der Waals surface area (Å²) in [5, 5.41) is 3.55. The molecule has 2 aliphatic rings. The van der Waals surface area contributed by atoms with E-state index in [4.69, 9.17) is 4.74 Å². The quantitative estimate of drug-likeness (QED) is 0.778. The fourth-order valence-corrected chi connectivity index (χ4v) is 2.85. The second kappa shape index (κ2) is 3.69. The summed E-state index contributed by atoms with van der Waals surface area (Å²) in [7, 11) is 0. The summed E-state index contributed by atoms with van der Waals surface area (Å²) in [6.07, 6.45) is 6.11. The molecule has 86 valence electrons. The molecule has 1 aromatic carbocycles. The minimum Gasteiger partial charge on any atom is -0.483 e. The molecule has 0 aromatic heterocycles. The largest absolute Gasteiger partial charge is 0.483 e. The molecule has 3 rings (SSSR count). The predicted molar refractivity (Wildman–Crippen MR) is 66.1 cm³/mol. The molecule has 0 unspecified atom stereocenters. The molecule has 0 amide bonds. The highest BCUT2D eigenvalue weighted by molar-refractivity contribution is 5.60. The van der Waals surface area contributed by atoms with Gasteiger partial charge >= 0.3 is 0 Å². The number of aryl methyl sites for hydroxylation is 1. The number of hydrogen-bond acceptors (Lipinski definition) is 2. The van der Waals surface area contributed by atoms with Gasteiger partial charge in [0.05, 0.1) is 12.2 Å². The van der Waals surface area contributed by atoms with Gasteiger partial charge in [-0.25, -0.2) is 0 Å². The summed E-state index contributed by atoms with van der Waals surface area (Å²) in [5.74, 6) is 1.05. The third kappa shape index (κ3) is 1.57. The first-order chi connectivity index (χ1) is 7.81. The molecule has 1 spiro atoms. The molecule has 1 N–H and O–H groups in total. The van der Waals surface area contributed by atoms with Crippen LogP contribution in [0.1, 0.15) is 38.2 Å². The maximum atomic E-state index is 6.22. The third-order valence-corrected chi connectivity index (χ3v) is 3.89. The lowest BCUT2D eigenvalue weighted by Gasteiger charge is -2.36. The zero-order chi connectivity index (χ0) is 11.0. The smallest absolute Gasteiger partial charge is 0.143 e. The van der Waals surface area contributed by atoms with Gasteiger partial charge in [-0.1, -0.05) is 13.0 Å². The molecule has 1 saturated carbocycles. The van der Waals surface area contributed by atoms with Crippen LogP contribution in [0.2, 0.25) is 0 Å². The summed E-state index contributed by atoms with van der Waals surface area (Å²) in [5.41, 5.74) is 2.65. The summed E-state index contributed by atoms with van der Waals surface area (Å²) >= 11 is 0. The lowest BCUT2D eigenvalue weighted by atomic mass is 9.99. The van der Waals surface area contributed by atoms with Crippen molar-refractivity contribution >= 4 is 5.69 Å². The van der Waals surface area contributed by atoms with Crippen molar-refractivity contribution in [2.24, 2.45) is 0 Å². The Balaban J connectivity index is 1.89. The van der Waals surface area contributed by atoms with E-state index in [0.717, 1.165) is 18.7 Å². The first kappa shape index (κ1) is 10.0. The van der Waals surface area contributed by atoms with Gasteiger partial charge in [0.15, 0.2) is 0 Å². The molecular weight excluding hydrogens is 198 g/mol. The van der Waals surface area contributed by atoms with Crippen molar-refractivity contribution in [3.63, 3.8) is 0 Å². The molecule has 1 heterocycles. The topological polar surface area (TPSA) is 21.3 Å². The summed E-state index contributed by atoms with van der Waals surface area (Å²) in [4.78, 5) is 0. The van der Waals surface area contributed by atoms with Crippen LogP contribution in [0.25, 0.3) is 0 Å². The molecule has 0 saturated heterocycles. The highest BCUT2D eigenvalue weighted by Gasteiger charge is 2.38. The standard InChI is InChI=1S/C14H19NO/c1-2-11-5-6-13-12(9-11)15-10-14(16-13)7-3-4-8-14/h5-6,9,15H,2-4,7-8,10H2,1H3. The number of fused-ring (bicyclic) bond motifs is 1. The lowest BCUT2D eigenvalue weighted by Crippen LogP contribution is -2.43. The van der Waals surface area contributed by atoms with Crippen LogP contribution >= 0.6 is 0 Å². The highest BCUT2D eigenvalue weighted by Crippen LogP contribution is 2.41. The normalized spacial score (nSPS) is 21.3. The van der Waals surface area contributed by atoms with Gasteiger partial charge in [0.25, 0.3) is 0 Å². The van der Waals surface area contributed by atoms with Crippen LogP contribution in [0.4, 0.5) is 5.69 Å². The minimum atomic E-state index is 0.0979. The van der Waals surface area contributed by atoms with E-state index in [-0.39, 0.29) is 5.60 Å². The molecule has 1 aromatic rings. The fraction of sp³-hybridized carbons (Fsp3) is 0.571. The van der Waals surface area contributed by atoms with Gasteiger partial charge in [0.2, 0.25) is 0 Å². The maximum absolute atomic E-state index is 6.22. The Labute approximate surface area is 97.0 Å². The van der Waals surface area contributed by atoms with Crippen LogP contribution < -0.4 is 10.1 Å². The summed E-state index contributed by atoms with van der Waals surface area (Å²) < 4.78 is 6.22. The van der Waals surface area contributed by atoms with Crippen molar-refractivity contribution in [3.05, 3.63) is 23.8 Å². The van der Waals surface area contributed by atoms with Gasteiger partial charge in [-0.15, -0.1) is 0 Å². The molecule has 0 atom stereocenters. The number of anilines is 1. The Morgan fingerprint density at radius 2 is 2.12 bits per heavy atom. The maximum Gasteiger partial charge on any atom is 0.143 e. The number of hydrogen-bond donors (Lipinski definition) is 1. The van der Waals surface area contributed by atoms with E-state index in [1.807, 2.05) is 0 Å². The first-order valence-electron chi connectivity index (χ1n) is 6.37. The van der Waals surface area contributed by atoms with Crippen molar-refractivity contribution in [2.45, 2.75) is 44.6 Å². The van der Waals surface area contributed by atoms with Crippen molar-refractivity contribution in [1.82, 2.24) is 0 Å². The highest BCUT2D eigenvalue weighted by atomic mass is 16.5. The van der Waals surface area contributed by atoms with Crippen LogP contribution in [-0.4, -0.2) is 12.1 Å². The molecule has 0 bridgehead atoms. The second-order valence-electron chi connectivity index (χ2n) is 5.03. The summed E-state index contributed by atoms with van der Waals surface area (Å²) in [6, 6.07) is 6.52.